The molecule has 1 N–H and O–H groups in total. The molecule has 0 aliphatic rings. The number of aryl methyl sites for hydroxylation is 1. The number of anilines is 1. The van der Waals surface area contributed by atoms with Gasteiger partial charge in [-0.1, -0.05) is 36.0 Å². The maximum Gasteiger partial charge on any atom is 0.339 e. The first kappa shape index (κ1) is 23.0. The number of nitrogens with zero attached hydrogens (tertiary/aromatic N) is 3. The van der Waals surface area contributed by atoms with Crippen molar-refractivity contribution in [3.8, 4) is 11.4 Å². The van der Waals surface area contributed by atoms with E-state index < -0.39 is 11.9 Å². The molecule has 0 atom stereocenters. The van der Waals surface area contributed by atoms with E-state index in [4.69, 9.17) is 9.47 Å². The van der Waals surface area contributed by atoms with Crippen LogP contribution in [0.5, 0.6) is 0 Å². The Morgan fingerprint density at radius 1 is 1.03 bits per heavy atom. The molecule has 0 bridgehead atoms. The number of hydrogen-bond donors (Lipinski definition) is 1. The highest BCUT2D eigenvalue weighted by Gasteiger charge is 2.19. The van der Waals surface area contributed by atoms with Crippen LogP contribution in [0.1, 0.15) is 26.3 Å². The fraction of sp³-hybridized carbons (Fsp3) is 0.227. The highest BCUT2D eigenvalue weighted by molar-refractivity contribution is 7.99. The maximum absolute atomic E-state index is 12.6. The first-order chi connectivity index (χ1) is 15.3. The third-order valence-electron chi connectivity index (χ3n) is 4.67. The lowest BCUT2D eigenvalue weighted by Gasteiger charge is -2.11. The molecule has 0 unspecified atom stereocenters. The number of nitrogens with one attached hydrogen (secondary N) is 1. The minimum Gasteiger partial charge on any atom is -0.465 e. The number of aromatic nitrogens is 3. The van der Waals surface area contributed by atoms with Gasteiger partial charge in [0.25, 0.3) is 0 Å². The Kier molecular flexibility index (Phi) is 7.26. The summed E-state index contributed by atoms with van der Waals surface area (Å²) in [6.45, 7) is 1.99. The number of ether oxygens (including phenoxy) is 2. The molecule has 0 spiro atoms. The Morgan fingerprint density at radius 2 is 1.75 bits per heavy atom. The molecular formula is C22H22N4O5S. The second-order valence-corrected chi connectivity index (χ2v) is 7.70. The van der Waals surface area contributed by atoms with Gasteiger partial charge in [0.1, 0.15) is 0 Å². The smallest absolute Gasteiger partial charge is 0.339 e. The van der Waals surface area contributed by atoms with Crippen molar-refractivity contribution in [3.05, 3.63) is 59.2 Å². The van der Waals surface area contributed by atoms with E-state index in [1.165, 1.54) is 44.2 Å². The van der Waals surface area contributed by atoms with E-state index in [-0.39, 0.29) is 28.5 Å². The third-order valence-corrected chi connectivity index (χ3v) is 5.69. The zero-order valence-corrected chi connectivity index (χ0v) is 18.9. The summed E-state index contributed by atoms with van der Waals surface area (Å²) in [6, 6.07) is 12.0. The summed E-state index contributed by atoms with van der Waals surface area (Å²) < 4.78 is 11.3. The molecule has 1 aromatic heterocycles. The van der Waals surface area contributed by atoms with Crippen LogP contribution in [0.3, 0.4) is 0 Å². The van der Waals surface area contributed by atoms with E-state index in [0.29, 0.717) is 11.0 Å². The van der Waals surface area contributed by atoms with Crippen LogP contribution < -0.4 is 5.32 Å². The molecule has 3 aromatic rings. The van der Waals surface area contributed by atoms with Gasteiger partial charge in [-0.3, -0.25) is 4.79 Å². The van der Waals surface area contributed by atoms with Crippen molar-refractivity contribution in [1.29, 1.82) is 0 Å². The van der Waals surface area contributed by atoms with Gasteiger partial charge >= 0.3 is 11.9 Å². The monoisotopic (exact) mass is 454 g/mol. The normalized spacial score (nSPS) is 10.5. The van der Waals surface area contributed by atoms with Crippen LogP contribution in [-0.4, -0.2) is 52.6 Å². The molecule has 9 nitrogen and oxygen atoms in total. The first-order valence-electron chi connectivity index (χ1n) is 9.54. The van der Waals surface area contributed by atoms with E-state index in [9.17, 15) is 14.4 Å². The molecule has 0 saturated heterocycles. The van der Waals surface area contributed by atoms with Crippen LogP contribution in [0, 0.1) is 6.92 Å². The van der Waals surface area contributed by atoms with E-state index >= 15 is 0 Å². The summed E-state index contributed by atoms with van der Waals surface area (Å²) in [7, 11) is 4.31. The Labute approximate surface area is 189 Å². The summed E-state index contributed by atoms with van der Waals surface area (Å²) in [5, 5.41) is 11.6. The summed E-state index contributed by atoms with van der Waals surface area (Å²) in [4.78, 5) is 36.4. The van der Waals surface area contributed by atoms with Crippen molar-refractivity contribution < 1.29 is 23.9 Å². The topological polar surface area (TPSA) is 112 Å². The Hall–Kier alpha value is -3.66. The van der Waals surface area contributed by atoms with Gasteiger partial charge in [0.15, 0.2) is 11.0 Å². The summed E-state index contributed by atoms with van der Waals surface area (Å²) in [5.41, 5.74) is 2.50. The second-order valence-electron chi connectivity index (χ2n) is 6.76. The number of hydrogen-bond acceptors (Lipinski definition) is 8. The average Bonchev–Trinajstić information content (AvgIpc) is 3.16. The van der Waals surface area contributed by atoms with Crippen molar-refractivity contribution in [2.24, 2.45) is 7.05 Å². The lowest BCUT2D eigenvalue weighted by Crippen LogP contribution is -2.18. The predicted octanol–water partition coefficient (Wildman–Crippen LogP) is 3.09. The van der Waals surface area contributed by atoms with Gasteiger partial charge in [0.05, 0.1) is 36.8 Å². The highest BCUT2D eigenvalue weighted by atomic mass is 32.2. The number of benzene rings is 2. The Morgan fingerprint density at radius 3 is 2.44 bits per heavy atom. The van der Waals surface area contributed by atoms with Crippen LogP contribution in [0.25, 0.3) is 11.4 Å². The minimum absolute atomic E-state index is 0.0167. The number of thioether (sulfide) groups is 1. The van der Waals surface area contributed by atoms with Gasteiger partial charge in [0, 0.05) is 12.6 Å². The van der Waals surface area contributed by atoms with Gasteiger partial charge < -0.3 is 19.4 Å². The largest absolute Gasteiger partial charge is 0.465 e. The van der Waals surface area contributed by atoms with Gasteiger partial charge in [-0.25, -0.2) is 9.59 Å². The molecule has 1 heterocycles. The van der Waals surface area contributed by atoms with E-state index in [2.05, 4.69) is 15.5 Å². The lowest BCUT2D eigenvalue weighted by molar-refractivity contribution is -0.113. The Balaban J connectivity index is 1.75. The molecule has 0 saturated carbocycles. The predicted molar refractivity (Wildman–Crippen MR) is 120 cm³/mol. The van der Waals surface area contributed by atoms with E-state index in [1.54, 1.807) is 0 Å². The highest BCUT2D eigenvalue weighted by Crippen LogP contribution is 2.25. The van der Waals surface area contributed by atoms with E-state index in [1.807, 2.05) is 42.8 Å². The van der Waals surface area contributed by atoms with Crippen LogP contribution in [0.15, 0.2) is 47.6 Å². The number of rotatable bonds is 7. The van der Waals surface area contributed by atoms with Crippen molar-refractivity contribution in [2.45, 2.75) is 12.1 Å². The number of esters is 2. The van der Waals surface area contributed by atoms with Crippen LogP contribution >= 0.6 is 11.8 Å². The number of amides is 1. The van der Waals surface area contributed by atoms with Crippen molar-refractivity contribution >= 4 is 35.3 Å². The zero-order valence-electron chi connectivity index (χ0n) is 18.0. The number of carbonyl (C=O) groups excluding carboxylic acids is 3. The molecule has 0 aliphatic carbocycles. The molecule has 32 heavy (non-hydrogen) atoms. The number of carbonyl (C=O) groups is 3. The molecule has 10 heteroatoms. The van der Waals surface area contributed by atoms with E-state index in [0.717, 1.165) is 11.1 Å². The zero-order chi connectivity index (χ0) is 23.3. The van der Waals surface area contributed by atoms with Crippen molar-refractivity contribution in [1.82, 2.24) is 14.8 Å². The standard InChI is InChI=1S/C22H22N4O5S/c1-13-7-5-6-8-15(13)19-24-25-22(26(19)2)32-12-18(27)23-17-11-14(20(28)30-3)9-10-16(17)21(29)31-4/h5-11H,12H2,1-4H3,(H,23,27). The summed E-state index contributed by atoms with van der Waals surface area (Å²) in [6.07, 6.45) is 0. The number of methoxy groups -OCH3 is 2. The molecule has 1 amide bonds. The van der Waals surface area contributed by atoms with Crippen LogP contribution in [0.2, 0.25) is 0 Å². The average molecular weight is 455 g/mol. The molecule has 0 radical (unpaired) electrons. The van der Waals surface area contributed by atoms with Crippen molar-refractivity contribution in [2.75, 3.05) is 25.3 Å². The molecule has 166 valence electrons. The second kappa shape index (κ2) is 10.1. The van der Waals surface area contributed by atoms with Crippen LogP contribution in [0.4, 0.5) is 5.69 Å². The first-order valence-corrected chi connectivity index (χ1v) is 10.5. The van der Waals surface area contributed by atoms with Crippen LogP contribution in [-0.2, 0) is 21.3 Å². The molecule has 0 aliphatic heterocycles. The summed E-state index contributed by atoms with van der Waals surface area (Å²) in [5.74, 6) is -0.898. The molecule has 3 rings (SSSR count). The third kappa shape index (κ3) is 4.97. The van der Waals surface area contributed by atoms with Gasteiger partial charge in [-0.2, -0.15) is 0 Å². The lowest BCUT2D eigenvalue weighted by atomic mass is 10.1. The fourth-order valence-corrected chi connectivity index (χ4v) is 3.71. The Bertz CT molecular complexity index is 1170. The van der Waals surface area contributed by atoms with Gasteiger partial charge in [0.2, 0.25) is 5.91 Å². The minimum atomic E-state index is -0.638. The van der Waals surface area contributed by atoms with Crippen molar-refractivity contribution in [3.63, 3.8) is 0 Å². The fourth-order valence-electron chi connectivity index (χ4n) is 3.00. The SMILES string of the molecule is COC(=O)c1ccc(C(=O)OC)c(NC(=O)CSc2nnc(-c3ccccc3C)n2C)c1. The maximum atomic E-state index is 12.6. The molecule has 2 aromatic carbocycles. The van der Waals surface area contributed by atoms with Gasteiger partial charge in [-0.15, -0.1) is 10.2 Å². The molecular weight excluding hydrogens is 432 g/mol. The quantitative estimate of drug-likeness (QED) is 0.428. The summed E-state index contributed by atoms with van der Waals surface area (Å²) >= 11 is 1.20. The van der Waals surface area contributed by atoms with Gasteiger partial charge in [-0.05, 0) is 30.7 Å². The molecule has 0 fully saturated rings.